The number of rotatable bonds is 2. The molecule has 0 saturated carbocycles. The van der Waals surface area contributed by atoms with Gasteiger partial charge in [0, 0.05) is 21.6 Å². The first-order valence-electron chi connectivity index (χ1n) is 6.92. The zero-order valence-corrected chi connectivity index (χ0v) is 12.9. The Morgan fingerprint density at radius 3 is 2.67 bits per heavy atom. The van der Waals surface area contributed by atoms with Crippen molar-refractivity contribution in [3.05, 3.63) is 65.1 Å². The Morgan fingerprint density at radius 1 is 1.04 bits per heavy atom. The van der Waals surface area contributed by atoms with Crippen LogP contribution < -0.4 is 16.2 Å². The van der Waals surface area contributed by atoms with E-state index >= 15 is 0 Å². The summed E-state index contributed by atoms with van der Waals surface area (Å²) >= 11 is 5.89. The minimum Gasteiger partial charge on any atom is -0.350 e. The summed E-state index contributed by atoms with van der Waals surface area (Å²) in [6, 6.07) is 11.5. The molecule has 3 rings (SSSR count). The predicted octanol–water partition coefficient (Wildman–Crippen LogP) is 3.43. The number of amides is 3. The third kappa shape index (κ3) is 3.64. The first-order chi connectivity index (χ1) is 11.5. The van der Waals surface area contributed by atoms with Gasteiger partial charge in [0.1, 0.15) is 11.5 Å². The molecule has 0 saturated heterocycles. The molecule has 3 aromatic rings. The van der Waals surface area contributed by atoms with Crippen LogP contribution in [0.4, 0.5) is 14.9 Å². The monoisotopic (exact) mass is 346 g/mol. The normalized spacial score (nSPS) is 10.4. The molecule has 8 heteroatoms. The topological polar surface area (TPSA) is 86.0 Å². The van der Waals surface area contributed by atoms with Crippen LogP contribution in [-0.2, 0) is 0 Å². The number of carbonyl (C=O) groups is 2. The fraction of sp³-hybridized carbons (Fsp3) is 0. The van der Waals surface area contributed by atoms with Gasteiger partial charge in [0.15, 0.2) is 0 Å². The van der Waals surface area contributed by atoms with E-state index in [0.717, 1.165) is 17.0 Å². The van der Waals surface area contributed by atoms with Crippen LogP contribution in [0.25, 0.3) is 10.9 Å². The van der Waals surface area contributed by atoms with E-state index in [1.165, 1.54) is 18.2 Å². The Labute approximate surface area is 141 Å². The number of aromatic amines is 1. The van der Waals surface area contributed by atoms with Crippen LogP contribution in [0.2, 0.25) is 5.02 Å². The molecule has 2 aromatic carbocycles. The van der Waals surface area contributed by atoms with Crippen LogP contribution in [0, 0.1) is 5.82 Å². The van der Waals surface area contributed by atoms with Crippen molar-refractivity contribution in [3.63, 3.8) is 0 Å². The van der Waals surface area contributed by atoms with Crippen molar-refractivity contribution in [1.82, 2.24) is 15.8 Å². The van der Waals surface area contributed by atoms with E-state index in [1.807, 2.05) is 0 Å². The third-order valence-corrected chi connectivity index (χ3v) is 3.43. The summed E-state index contributed by atoms with van der Waals surface area (Å²) in [5, 5.41) is 3.72. The van der Waals surface area contributed by atoms with E-state index in [2.05, 4.69) is 21.2 Å². The van der Waals surface area contributed by atoms with Crippen molar-refractivity contribution in [2.45, 2.75) is 0 Å². The maximum absolute atomic E-state index is 13.0. The van der Waals surface area contributed by atoms with Gasteiger partial charge in [-0.25, -0.2) is 14.6 Å². The van der Waals surface area contributed by atoms with Gasteiger partial charge in [-0.2, -0.15) is 0 Å². The van der Waals surface area contributed by atoms with E-state index < -0.39 is 17.8 Å². The lowest BCUT2D eigenvalue weighted by Crippen LogP contribution is -2.44. The van der Waals surface area contributed by atoms with Crippen molar-refractivity contribution >= 4 is 40.1 Å². The molecular weight excluding hydrogens is 335 g/mol. The summed E-state index contributed by atoms with van der Waals surface area (Å²) in [5.41, 5.74) is 5.71. The molecule has 0 aliphatic rings. The predicted molar refractivity (Wildman–Crippen MR) is 89.3 cm³/mol. The maximum Gasteiger partial charge on any atom is 0.337 e. The van der Waals surface area contributed by atoms with Crippen LogP contribution in [0.15, 0.2) is 48.5 Å². The minimum absolute atomic E-state index is 0.262. The molecule has 0 aliphatic heterocycles. The molecule has 122 valence electrons. The maximum atomic E-state index is 13.0. The molecule has 1 aromatic heterocycles. The molecule has 0 spiro atoms. The molecule has 0 unspecified atom stereocenters. The number of carbonyl (C=O) groups excluding carboxylic acids is 2. The molecular formula is C16H12ClFN4O2. The SMILES string of the molecule is O=C(NNC(=O)c1cc2cc(Cl)ccc2[nH]1)Nc1cccc(F)c1. The lowest BCUT2D eigenvalue weighted by atomic mass is 10.2. The van der Waals surface area contributed by atoms with Gasteiger partial charge in [0.25, 0.3) is 5.91 Å². The Bertz CT molecular complexity index is 925. The van der Waals surface area contributed by atoms with Crippen LogP contribution in [0.1, 0.15) is 10.5 Å². The third-order valence-electron chi connectivity index (χ3n) is 3.20. The summed E-state index contributed by atoms with van der Waals surface area (Å²) in [5.74, 6) is -1.01. The second-order valence-corrected chi connectivity index (χ2v) is 5.39. The lowest BCUT2D eigenvalue weighted by Gasteiger charge is -2.08. The zero-order chi connectivity index (χ0) is 17.1. The van der Waals surface area contributed by atoms with E-state index in [0.29, 0.717) is 5.02 Å². The molecule has 6 nitrogen and oxygen atoms in total. The highest BCUT2D eigenvalue weighted by atomic mass is 35.5. The molecule has 0 atom stereocenters. The Kier molecular flexibility index (Phi) is 4.35. The summed E-state index contributed by atoms with van der Waals surface area (Å²) in [6.07, 6.45) is 0. The summed E-state index contributed by atoms with van der Waals surface area (Å²) in [6.45, 7) is 0. The van der Waals surface area contributed by atoms with Crippen molar-refractivity contribution < 1.29 is 14.0 Å². The van der Waals surface area contributed by atoms with Crippen molar-refractivity contribution in [1.29, 1.82) is 0 Å². The zero-order valence-electron chi connectivity index (χ0n) is 12.2. The first-order valence-corrected chi connectivity index (χ1v) is 7.30. The highest BCUT2D eigenvalue weighted by Crippen LogP contribution is 2.19. The molecule has 4 N–H and O–H groups in total. The van der Waals surface area contributed by atoms with Gasteiger partial charge in [0.05, 0.1) is 0 Å². The summed E-state index contributed by atoms with van der Waals surface area (Å²) < 4.78 is 13.0. The number of hydrazine groups is 1. The lowest BCUT2D eigenvalue weighted by molar-refractivity contribution is 0.0933. The number of nitrogens with one attached hydrogen (secondary N) is 4. The standard InChI is InChI=1S/C16H12ClFN4O2/c17-10-4-5-13-9(6-10)7-14(20-13)15(23)21-22-16(24)19-12-3-1-2-11(18)8-12/h1-8,20H,(H,21,23)(H2,19,22,24). The number of benzene rings is 2. The van der Waals surface area contributed by atoms with Crippen LogP contribution in [0.5, 0.6) is 0 Å². The van der Waals surface area contributed by atoms with Gasteiger partial charge in [-0.15, -0.1) is 0 Å². The molecule has 1 heterocycles. The highest BCUT2D eigenvalue weighted by Gasteiger charge is 2.11. The molecule has 0 bridgehead atoms. The van der Waals surface area contributed by atoms with Gasteiger partial charge in [-0.1, -0.05) is 17.7 Å². The van der Waals surface area contributed by atoms with Crippen molar-refractivity contribution in [2.24, 2.45) is 0 Å². The Balaban J connectivity index is 1.60. The molecule has 0 aliphatic carbocycles. The van der Waals surface area contributed by atoms with Gasteiger partial charge >= 0.3 is 6.03 Å². The summed E-state index contributed by atoms with van der Waals surface area (Å²) in [4.78, 5) is 26.6. The number of hydrogen-bond donors (Lipinski definition) is 4. The van der Waals surface area contributed by atoms with Crippen molar-refractivity contribution in [3.8, 4) is 0 Å². The van der Waals surface area contributed by atoms with E-state index in [4.69, 9.17) is 11.6 Å². The van der Waals surface area contributed by atoms with Crippen LogP contribution in [0.3, 0.4) is 0 Å². The molecule has 3 amide bonds. The average molecular weight is 347 g/mol. The van der Waals surface area contributed by atoms with Gasteiger partial charge in [0.2, 0.25) is 0 Å². The van der Waals surface area contributed by atoms with Gasteiger partial charge in [-0.3, -0.25) is 10.2 Å². The summed E-state index contributed by atoms with van der Waals surface area (Å²) in [7, 11) is 0. The van der Waals surface area contributed by atoms with E-state index in [9.17, 15) is 14.0 Å². The van der Waals surface area contributed by atoms with E-state index in [-0.39, 0.29) is 11.4 Å². The first kappa shape index (κ1) is 15.8. The molecule has 24 heavy (non-hydrogen) atoms. The molecule has 0 fully saturated rings. The number of halogens is 2. The highest BCUT2D eigenvalue weighted by molar-refractivity contribution is 6.31. The number of fused-ring (bicyclic) bond motifs is 1. The average Bonchev–Trinajstić information content (AvgIpc) is 2.95. The fourth-order valence-corrected chi connectivity index (χ4v) is 2.32. The second kappa shape index (κ2) is 6.59. The van der Waals surface area contributed by atoms with Gasteiger partial charge in [-0.05, 0) is 42.5 Å². The molecule has 0 radical (unpaired) electrons. The minimum atomic E-state index is -0.701. The van der Waals surface area contributed by atoms with E-state index in [1.54, 1.807) is 24.3 Å². The Morgan fingerprint density at radius 2 is 1.88 bits per heavy atom. The van der Waals surface area contributed by atoms with Crippen molar-refractivity contribution in [2.75, 3.05) is 5.32 Å². The number of H-pyrrole nitrogens is 1. The fourth-order valence-electron chi connectivity index (χ4n) is 2.14. The number of urea groups is 1. The van der Waals surface area contributed by atoms with Crippen LogP contribution in [-0.4, -0.2) is 16.9 Å². The van der Waals surface area contributed by atoms with Crippen LogP contribution >= 0.6 is 11.6 Å². The largest absolute Gasteiger partial charge is 0.350 e. The number of anilines is 1. The Hall–Kier alpha value is -3.06. The quantitative estimate of drug-likeness (QED) is 0.536. The smallest absolute Gasteiger partial charge is 0.337 e. The van der Waals surface area contributed by atoms with Gasteiger partial charge < -0.3 is 10.3 Å². The number of aromatic nitrogens is 1. The second-order valence-electron chi connectivity index (χ2n) is 4.96. The number of hydrogen-bond acceptors (Lipinski definition) is 2.